The standard InChI is InChI=1S/C14H16N2O2/c1-3-12-13(10(2)18-16-12)14(17)15-9-11-7-5-4-6-8-11/h4-8H,3,9H2,1-2H3,(H,15,17). The number of benzene rings is 1. The van der Waals surface area contributed by atoms with E-state index in [0.717, 1.165) is 5.56 Å². The van der Waals surface area contributed by atoms with Crippen LogP contribution in [-0.2, 0) is 13.0 Å². The van der Waals surface area contributed by atoms with Gasteiger partial charge in [-0.15, -0.1) is 0 Å². The first-order valence-electron chi connectivity index (χ1n) is 5.99. The van der Waals surface area contributed by atoms with Crippen LogP contribution in [-0.4, -0.2) is 11.1 Å². The second-order valence-electron chi connectivity index (χ2n) is 4.08. The highest BCUT2D eigenvalue weighted by Gasteiger charge is 2.18. The maximum atomic E-state index is 12.1. The summed E-state index contributed by atoms with van der Waals surface area (Å²) in [6.07, 6.45) is 0.686. The van der Waals surface area contributed by atoms with Crippen molar-refractivity contribution >= 4 is 5.91 Å². The van der Waals surface area contributed by atoms with E-state index in [-0.39, 0.29) is 5.91 Å². The van der Waals surface area contributed by atoms with Gasteiger partial charge in [-0.05, 0) is 18.9 Å². The predicted molar refractivity (Wildman–Crippen MR) is 68.2 cm³/mol. The van der Waals surface area contributed by atoms with Crippen LogP contribution in [0.15, 0.2) is 34.9 Å². The van der Waals surface area contributed by atoms with E-state index in [4.69, 9.17) is 4.52 Å². The minimum Gasteiger partial charge on any atom is -0.361 e. The van der Waals surface area contributed by atoms with Gasteiger partial charge in [0.1, 0.15) is 11.3 Å². The molecule has 18 heavy (non-hydrogen) atoms. The average Bonchev–Trinajstić information content (AvgIpc) is 2.78. The van der Waals surface area contributed by atoms with Crippen LogP contribution in [0, 0.1) is 6.92 Å². The molecule has 1 aromatic carbocycles. The number of hydrogen-bond donors (Lipinski definition) is 1. The maximum Gasteiger partial charge on any atom is 0.257 e. The molecule has 4 heteroatoms. The summed E-state index contributed by atoms with van der Waals surface area (Å²) in [5.74, 6) is 0.437. The Morgan fingerprint density at radius 3 is 2.72 bits per heavy atom. The third kappa shape index (κ3) is 2.59. The van der Waals surface area contributed by atoms with Gasteiger partial charge in [0, 0.05) is 6.54 Å². The van der Waals surface area contributed by atoms with Gasteiger partial charge >= 0.3 is 0 Å². The van der Waals surface area contributed by atoms with E-state index in [9.17, 15) is 4.79 Å². The summed E-state index contributed by atoms with van der Waals surface area (Å²) in [7, 11) is 0. The molecule has 0 radical (unpaired) electrons. The summed E-state index contributed by atoms with van der Waals surface area (Å²) in [5, 5.41) is 6.75. The van der Waals surface area contributed by atoms with E-state index >= 15 is 0 Å². The van der Waals surface area contributed by atoms with Gasteiger partial charge in [-0.3, -0.25) is 4.79 Å². The number of rotatable bonds is 4. The van der Waals surface area contributed by atoms with Crippen LogP contribution >= 0.6 is 0 Å². The molecule has 0 unspecified atom stereocenters. The molecule has 0 bridgehead atoms. The van der Waals surface area contributed by atoms with Crippen molar-refractivity contribution in [3.63, 3.8) is 0 Å². The largest absolute Gasteiger partial charge is 0.361 e. The molecule has 2 rings (SSSR count). The summed E-state index contributed by atoms with van der Waals surface area (Å²) in [5.41, 5.74) is 2.34. The van der Waals surface area contributed by atoms with Crippen LogP contribution in [0.1, 0.15) is 34.3 Å². The highest BCUT2D eigenvalue weighted by molar-refractivity contribution is 5.96. The molecule has 94 valence electrons. The van der Waals surface area contributed by atoms with E-state index in [1.165, 1.54) is 0 Å². The maximum absolute atomic E-state index is 12.1. The molecule has 0 spiro atoms. The molecule has 1 amide bonds. The van der Waals surface area contributed by atoms with Crippen LogP contribution in [0.4, 0.5) is 0 Å². The van der Waals surface area contributed by atoms with Crippen molar-refractivity contribution in [2.75, 3.05) is 0 Å². The molecule has 0 atom stereocenters. The SMILES string of the molecule is CCc1noc(C)c1C(=O)NCc1ccccc1. The van der Waals surface area contributed by atoms with Crippen molar-refractivity contribution in [2.24, 2.45) is 0 Å². The van der Waals surface area contributed by atoms with Gasteiger partial charge in [0.25, 0.3) is 5.91 Å². The van der Waals surface area contributed by atoms with Crippen molar-refractivity contribution in [3.05, 3.63) is 52.9 Å². The fraction of sp³-hybridized carbons (Fsp3) is 0.286. The summed E-state index contributed by atoms with van der Waals surface area (Å²) in [4.78, 5) is 12.1. The van der Waals surface area contributed by atoms with E-state index in [0.29, 0.717) is 30.0 Å². The highest BCUT2D eigenvalue weighted by Crippen LogP contribution is 2.13. The molecule has 0 aliphatic heterocycles. The number of nitrogens with one attached hydrogen (secondary N) is 1. The summed E-state index contributed by atoms with van der Waals surface area (Å²) >= 11 is 0. The van der Waals surface area contributed by atoms with E-state index < -0.39 is 0 Å². The van der Waals surface area contributed by atoms with E-state index in [1.54, 1.807) is 6.92 Å². The Morgan fingerprint density at radius 2 is 2.06 bits per heavy atom. The summed E-state index contributed by atoms with van der Waals surface area (Å²) in [6, 6.07) is 9.79. The molecular weight excluding hydrogens is 228 g/mol. The van der Waals surface area contributed by atoms with Gasteiger partial charge in [-0.25, -0.2) is 0 Å². The molecule has 0 aliphatic carbocycles. The van der Waals surface area contributed by atoms with Crippen LogP contribution in [0.3, 0.4) is 0 Å². The molecular formula is C14H16N2O2. The Morgan fingerprint density at radius 1 is 1.33 bits per heavy atom. The van der Waals surface area contributed by atoms with Gasteiger partial charge in [0.15, 0.2) is 0 Å². The molecule has 0 aliphatic rings. The summed E-state index contributed by atoms with van der Waals surface area (Å²) in [6.45, 7) is 4.21. The number of carbonyl (C=O) groups excluding carboxylic acids is 1. The fourth-order valence-electron chi connectivity index (χ4n) is 1.82. The molecule has 2 aromatic rings. The lowest BCUT2D eigenvalue weighted by atomic mass is 10.1. The second kappa shape index (κ2) is 5.49. The van der Waals surface area contributed by atoms with Crippen LogP contribution in [0.25, 0.3) is 0 Å². The topological polar surface area (TPSA) is 55.1 Å². The van der Waals surface area contributed by atoms with Crippen molar-refractivity contribution in [2.45, 2.75) is 26.8 Å². The zero-order chi connectivity index (χ0) is 13.0. The van der Waals surface area contributed by atoms with Crippen molar-refractivity contribution in [1.82, 2.24) is 10.5 Å². The number of hydrogen-bond acceptors (Lipinski definition) is 3. The van der Waals surface area contributed by atoms with Crippen molar-refractivity contribution < 1.29 is 9.32 Å². The van der Waals surface area contributed by atoms with Gasteiger partial charge < -0.3 is 9.84 Å². The minimum atomic E-state index is -0.130. The fourth-order valence-corrected chi connectivity index (χ4v) is 1.82. The third-order valence-corrected chi connectivity index (χ3v) is 2.79. The first kappa shape index (κ1) is 12.4. The highest BCUT2D eigenvalue weighted by atomic mass is 16.5. The smallest absolute Gasteiger partial charge is 0.257 e. The monoisotopic (exact) mass is 244 g/mol. The molecule has 1 aromatic heterocycles. The van der Waals surface area contributed by atoms with Gasteiger partial charge in [-0.2, -0.15) is 0 Å². The average molecular weight is 244 g/mol. The zero-order valence-electron chi connectivity index (χ0n) is 10.6. The Labute approximate surface area is 106 Å². The lowest BCUT2D eigenvalue weighted by Crippen LogP contribution is -2.24. The van der Waals surface area contributed by atoms with Crippen LogP contribution < -0.4 is 5.32 Å². The van der Waals surface area contributed by atoms with Crippen LogP contribution in [0.2, 0.25) is 0 Å². The molecule has 1 N–H and O–H groups in total. The van der Waals surface area contributed by atoms with Gasteiger partial charge in [0.2, 0.25) is 0 Å². The number of aryl methyl sites for hydroxylation is 2. The lowest BCUT2D eigenvalue weighted by molar-refractivity contribution is 0.0948. The molecule has 4 nitrogen and oxygen atoms in total. The number of aromatic nitrogens is 1. The van der Waals surface area contributed by atoms with Crippen LogP contribution in [0.5, 0.6) is 0 Å². The third-order valence-electron chi connectivity index (χ3n) is 2.79. The van der Waals surface area contributed by atoms with Gasteiger partial charge in [0.05, 0.1) is 5.69 Å². The van der Waals surface area contributed by atoms with E-state index in [2.05, 4.69) is 10.5 Å². The van der Waals surface area contributed by atoms with Crippen molar-refractivity contribution in [3.8, 4) is 0 Å². The molecule has 0 saturated heterocycles. The lowest BCUT2D eigenvalue weighted by Gasteiger charge is -2.05. The Kier molecular flexibility index (Phi) is 3.77. The minimum absolute atomic E-state index is 0.130. The quantitative estimate of drug-likeness (QED) is 0.898. The van der Waals surface area contributed by atoms with E-state index in [1.807, 2.05) is 37.3 Å². The number of nitrogens with zero attached hydrogens (tertiary/aromatic N) is 1. The first-order chi connectivity index (χ1) is 8.72. The predicted octanol–water partition coefficient (Wildman–Crippen LogP) is 2.48. The normalized spacial score (nSPS) is 10.3. The van der Waals surface area contributed by atoms with Gasteiger partial charge in [-0.1, -0.05) is 42.4 Å². The second-order valence-corrected chi connectivity index (χ2v) is 4.08. The molecule has 1 heterocycles. The Balaban J connectivity index is 2.06. The molecule has 0 fully saturated rings. The first-order valence-corrected chi connectivity index (χ1v) is 5.99. The Hall–Kier alpha value is -2.10. The molecule has 0 saturated carbocycles. The number of amides is 1. The van der Waals surface area contributed by atoms with Crippen molar-refractivity contribution in [1.29, 1.82) is 0 Å². The summed E-state index contributed by atoms with van der Waals surface area (Å²) < 4.78 is 5.05. The number of carbonyl (C=O) groups is 1. The Bertz CT molecular complexity index is 532. The zero-order valence-corrected chi connectivity index (χ0v) is 10.6.